The van der Waals surface area contributed by atoms with E-state index < -0.39 is 12.1 Å². The molecule has 1 amide bonds. The highest BCUT2D eigenvalue weighted by atomic mass is 16.2. The number of para-hydroxylation sites is 1. The fourth-order valence-corrected chi connectivity index (χ4v) is 4.56. The molecule has 192 valence electrons. The molecule has 3 aromatic rings. The lowest BCUT2D eigenvalue weighted by atomic mass is 9.97. The Balaban J connectivity index is 1.72. The molecule has 2 atom stereocenters. The molecule has 0 radical (unpaired) electrons. The Bertz CT molecular complexity index is 1130. The highest BCUT2D eigenvalue weighted by molar-refractivity contribution is 5.92. The molecule has 0 unspecified atom stereocenters. The molecule has 0 aliphatic carbocycles. The maximum Gasteiger partial charge on any atom is 0.243 e. The molecule has 8 nitrogen and oxygen atoms in total. The summed E-state index contributed by atoms with van der Waals surface area (Å²) in [7, 11) is 2.00. The predicted octanol–water partition coefficient (Wildman–Crippen LogP) is 1.16. The van der Waals surface area contributed by atoms with Crippen molar-refractivity contribution in [1.29, 1.82) is 0 Å². The van der Waals surface area contributed by atoms with E-state index in [1.54, 1.807) is 6.20 Å². The molecule has 0 saturated carbocycles. The van der Waals surface area contributed by atoms with Gasteiger partial charge in [0.05, 0.1) is 31.7 Å². The van der Waals surface area contributed by atoms with Gasteiger partial charge in [-0.25, -0.2) is 0 Å². The van der Waals surface area contributed by atoms with E-state index in [1.807, 2.05) is 67.7 Å². The van der Waals surface area contributed by atoms with Crippen LogP contribution in [0.2, 0.25) is 0 Å². The zero-order chi connectivity index (χ0) is 26.0. The number of hydrogen-bond donors (Lipinski definition) is 4. The van der Waals surface area contributed by atoms with Gasteiger partial charge in [0.15, 0.2) is 5.78 Å². The number of nitrogens with one attached hydrogen (secondary N) is 1. The average molecular weight is 492 g/mol. The molecule has 2 aromatic carbocycles. The first-order valence-electron chi connectivity index (χ1n) is 12.5. The fourth-order valence-electron chi connectivity index (χ4n) is 4.56. The van der Waals surface area contributed by atoms with Crippen LogP contribution in [-0.4, -0.2) is 73.0 Å². The first-order valence-corrected chi connectivity index (χ1v) is 12.5. The minimum Gasteiger partial charge on any atom is -0.345 e. The number of aromatic nitrogens is 1. The topological polar surface area (TPSA) is 137 Å². The first-order chi connectivity index (χ1) is 17.3. The molecule has 36 heavy (non-hydrogen) atoms. The van der Waals surface area contributed by atoms with Gasteiger partial charge in [0, 0.05) is 31.1 Å². The van der Waals surface area contributed by atoms with Gasteiger partial charge in [0.2, 0.25) is 5.91 Å². The van der Waals surface area contributed by atoms with E-state index in [0.717, 1.165) is 22.0 Å². The minimum absolute atomic E-state index is 0.0651. The number of nitrogens with two attached hydrogens (primary N) is 3. The molecular formula is C28H39N6O2+. The van der Waals surface area contributed by atoms with Crippen molar-refractivity contribution in [3.8, 4) is 0 Å². The van der Waals surface area contributed by atoms with Crippen molar-refractivity contribution in [3.05, 3.63) is 78.0 Å². The fraction of sp³-hybridized carbons (Fsp3) is 0.393. The molecule has 1 aromatic heterocycles. The summed E-state index contributed by atoms with van der Waals surface area (Å²) in [6.07, 6.45) is 3.06. The SMILES string of the molecule is C[N+](CCN)(CCN)C[C@H](N)C(=O)N[C@H](CCc1ccccc1)C(=O)Cc1cnc2ccccc2c1. The molecule has 0 fully saturated rings. The number of hydrogen-bond acceptors (Lipinski definition) is 6. The summed E-state index contributed by atoms with van der Waals surface area (Å²) in [5.74, 6) is -0.402. The molecule has 0 bridgehead atoms. The van der Waals surface area contributed by atoms with Crippen LogP contribution in [0.15, 0.2) is 66.9 Å². The van der Waals surface area contributed by atoms with Gasteiger partial charge in [-0.3, -0.25) is 14.6 Å². The number of benzene rings is 2. The molecule has 7 N–H and O–H groups in total. The molecular weight excluding hydrogens is 452 g/mol. The van der Waals surface area contributed by atoms with Crippen LogP contribution < -0.4 is 22.5 Å². The standard InChI is InChI=1S/C28H38N6O2/c1-34(15-13-29,16-14-30)20-24(31)28(36)33-26(12-11-21-7-3-2-4-8-21)27(35)18-22-17-23-9-5-6-10-25(23)32-19-22/h2-10,17,19,24,26H,11-16,18,20,29-31H2,1H3/p+1/t24-,26+/m0/s1. The maximum atomic E-state index is 13.4. The van der Waals surface area contributed by atoms with Crippen molar-refractivity contribution >= 4 is 22.6 Å². The third-order valence-electron chi connectivity index (χ3n) is 6.61. The van der Waals surface area contributed by atoms with Gasteiger partial charge >= 0.3 is 0 Å². The Labute approximate surface area is 213 Å². The van der Waals surface area contributed by atoms with E-state index >= 15 is 0 Å². The second kappa shape index (κ2) is 13.2. The number of nitrogens with zero attached hydrogens (tertiary/aromatic N) is 2. The van der Waals surface area contributed by atoms with Gasteiger partial charge in [-0.1, -0.05) is 48.5 Å². The van der Waals surface area contributed by atoms with Crippen LogP contribution in [0.5, 0.6) is 0 Å². The number of fused-ring (bicyclic) bond motifs is 1. The van der Waals surface area contributed by atoms with Gasteiger partial charge in [0.25, 0.3) is 0 Å². The molecule has 0 aliphatic rings. The van der Waals surface area contributed by atoms with E-state index in [4.69, 9.17) is 17.2 Å². The Morgan fingerprint density at radius 2 is 1.64 bits per heavy atom. The van der Waals surface area contributed by atoms with Crippen LogP contribution in [-0.2, 0) is 22.4 Å². The first kappa shape index (κ1) is 27.4. The van der Waals surface area contributed by atoms with Gasteiger partial charge in [-0.15, -0.1) is 0 Å². The Morgan fingerprint density at radius 1 is 0.972 bits per heavy atom. The predicted molar refractivity (Wildman–Crippen MR) is 144 cm³/mol. The Hall–Kier alpha value is -3.17. The maximum absolute atomic E-state index is 13.4. The third-order valence-corrected chi connectivity index (χ3v) is 6.61. The zero-order valence-electron chi connectivity index (χ0n) is 21.1. The monoisotopic (exact) mass is 491 g/mol. The van der Waals surface area contributed by atoms with Crippen LogP contribution in [0.3, 0.4) is 0 Å². The van der Waals surface area contributed by atoms with E-state index in [0.29, 0.717) is 50.0 Å². The zero-order valence-corrected chi connectivity index (χ0v) is 21.1. The van der Waals surface area contributed by atoms with E-state index in [2.05, 4.69) is 10.3 Å². The van der Waals surface area contributed by atoms with E-state index in [9.17, 15) is 9.59 Å². The highest BCUT2D eigenvalue weighted by Crippen LogP contribution is 2.15. The summed E-state index contributed by atoms with van der Waals surface area (Å²) in [5, 5.41) is 3.92. The normalized spacial score (nSPS) is 13.3. The number of ketones is 1. The second-order valence-electron chi connectivity index (χ2n) is 9.70. The molecule has 3 rings (SSSR count). The number of likely N-dealkylation sites (N-methyl/N-ethyl adjacent to an activating group) is 1. The summed E-state index contributed by atoms with van der Waals surface area (Å²) in [5.41, 5.74) is 20.7. The van der Waals surface area contributed by atoms with Crippen LogP contribution in [0, 0.1) is 0 Å². The molecule has 8 heteroatoms. The summed E-state index contributed by atoms with van der Waals surface area (Å²) < 4.78 is 0.507. The summed E-state index contributed by atoms with van der Waals surface area (Å²) in [6.45, 7) is 2.69. The highest BCUT2D eigenvalue weighted by Gasteiger charge is 2.30. The lowest BCUT2D eigenvalue weighted by Gasteiger charge is -2.35. The van der Waals surface area contributed by atoms with E-state index in [-0.39, 0.29) is 18.1 Å². The Kier molecular flexibility index (Phi) is 10.1. The molecule has 0 aliphatic heterocycles. The van der Waals surface area contributed by atoms with Crippen LogP contribution in [0.1, 0.15) is 17.5 Å². The second-order valence-corrected chi connectivity index (χ2v) is 9.70. The lowest BCUT2D eigenvalue weighted by Crippen LogP contribution is -2.60. The smallest absolute Gasteiger partial charge is 0.243 e. The Morgan fingerprint density at radius 3 is 2.33 bits per heavy atom. The number of amides is 1. The average Bonchev–Trinajstić information content (AvgIpc) is 2.87. The van der Waals surface area contributed by atoms with Crippen molar-refractivity contribution in [3.63, 3.8) is 0 Å². The molecule has 1 heterocycles. The number of aryl methyl sites for hydroxylation is 1. The van der Waals surface area contributed by atoms with Crippen molar-refractivity contribution in [2.75, 3.05) is 39.8 Å². The number of Topliss-reactive ketones (excluding diaryl/α,β-unsaturated/α-hetero) is 1. The van der Waals surface area contributed by atoms with Crippen LogP contribution in [0.4, 0.5) is 0 Å². The number of pyridine rings is 1. The quantitative estimate of drug-likeness (QED) is 0.250. The summed E-state index contributed by atoms with van der Waals surface area (Å²) in [4.78, 5) is 31.0. The largest absolute Gasteiger partial charge is 0.345 e. The van der Waals surface area contributed by atoms with Gasteiger partial charge in [-0.2, -0.15) is 0 Å². The van der Waals surface area contributed by atoms with Crippen LogP contribution >= 0.6 is 0 Å². The third kappa shape index (κ3) is 7.93. The summed E-state index contributed by atoms with van der Waals surface area (Å²) >= 11 is 0. The van der Waals surface area contributed by atoms with Crippen molar-refractivity contribution in [2.45, 2.75) is 31.3 Å². The minimum atomic E-state index is -0.775. The van der Waals surface area contributed by atoms with Gasteiger partial charge < -0.3 is 27.0 Å². The summed E-state index contributed by atoms with van der Waals surface area (Å²) in [6, 6.07) is 18.3. The van der Waals surface area contributed by atoms with E-state index in [1.165, 1.54) is 0 Å². The van der Waals surface area contributed by atoms with Crippen LogP contribution in [0.25, 0.3) is 10.9 Å². The van der Waals surface area contributed by atoms with Crippen molar-refractivity contribution < 1.29 is 14.1 Å². The number of quaternary nitrogens is 1. The van der Waals surface area contributed by atoms with Crippen molar-refractivity contribution in [1.82, 2.24) is 10.3 Å². The van der Waals surface area contributed by atoms with Crippen molar-refractivity contribution in [2.24, 2.45) is 17.2 Å². The number of rotatable bonds is 14. The molecule has 0 saturated heterocycles. The number of carbonyl (C=O) groups excluding carboxylic acids is 2. The number of carbonyl (C=O) groups is 2. The van der Waals surface area contributed by atoms with Gasteiger partial charge in [0.1, 0.15) is 12.6 Å². The lowest BCUT2D eigenvalue weighted by molar-refractivity contribution is -0.906. The van der Waals surface area contributed by atoms with Gasteiger partial charge in [-0.05, 0) is 36.1 Å². The molecule has 0 spiro atoms.